The lowest BCUT2D eigenvalue weighted by molar-refractivity contribution is 0.667. The van der Waals surface area contributed by atoms with Crippen molar-refractivity contribution in [3.05, 3.63) is 156 Å². The monoisotopic (exact) mass is 577 g/mol. The molecule has 45 heavy (non-hydrogen) atoms. The number of allylic oxidation sites excluding steroid dienone is 1. The van der Waals surface area contributed by atoms with Gasteiger partial charge in [0, 0.05) is 33.4 Å². The summed E-state index contributed by atoms with van der Waals surface area (Å²) in [5.41, 5.74) is 8.33. The fourth-order valence-electron chi connectivity index (χ4n) is 6.57. The van der Waals surface area contributed by atoms with Crippen LogP contribution < -0.4 is 0 Å². The molecule has 0 bridgehead atoms. The van der Waals surface area contributed by atoms with Gasteiger partial charge in [0.2, 0.25) is 0 Å². The van der Waals surface area contributed by atoms with Crippen LogP contribution in [0.2, 0.25) is 0 Å². The van der Waals surface area contributed by atoms with Crippen molar-refractivity contribution < 1.29 is 4.42 Å². The molecule has 1 aliphatic carbocycles. The molecule has 0 radical (unpaired) electrons. The van der Waals surface area contributed by atoms with Crippen molar-refractivity contribution in [2.24, 2.45) is 0 Å². The quantitative estimate of drug-likeness (QED) is 0.209. The number of fused-ring (bicyclic) bond motifs is 5. The molecule has 0 saturated heterocycles. The van der Waals surface area contributed by atoms with Crippen molar-refractivity contribution in [1.82, 2.24) is 15.0 Å². The SMILES string of the molecule is C1=CC(c2cc(-c3nc(-c4ccccc4)nc(-c4ccc5ccccc5c4)n3)c3c(c2)oc2ccccc23)Cc2ccccc21. The minimum Gasteiger partial charge on any atom is -0.456 e. The number of nitrogens with zero attached hydrogens (tertiary/aromatic N) is 3. The number of furan rings is 1. The van der Waals surface area contributed by atoms with E-state index in [0.717, 1.165) is 50.4 Å². The van der Waals surface area contributed by atoms with E-state index in [-0.39, 0.29) is 5.92 Å². The first-order valence-electron chi connectivity index (χ1n) is 15.3. The summed E-state index contributed by atoms with van der Waals surface area (Å²) in [6.45, 7) is 0. The Labute approximate surface area is 260 Å². The Kier molecular flexibility index (Phi) is 5.91. The molecule has 2 heterocycles. The van der Waals surface area contributed by atoms with E-state index in [0.29, 0.717) is 17.5 Å². The van der Waals surface area contributed by atoms with Gasteiger partial charge in [-0.2, -0.15) is 0 Å². The van der Waals surface area contributed by atoms with Gasteiger partial charge in [0.05, 0.1) is 0 Å². The summed E-state index contributed by atoms with van der Waals surface area (Å²) in [4.78, 5) is 15.3. The Morgan fingerprint density at radius 2 is 1.29 bits per heavy atom. The van der Waals surface area contributed by atoms with Gasteiger partial charge in [-0.3, -0.25) is 0 Å². The zero-order valence-electron chi connectivity index (χ0n) is 24.4. The van der Waals surface area contributed by atoms with Gasteiger partial charge in [0.15, 0.2) is 17.5 Å². The molecular formula is C41H27N3O. The van der Waals surface area contributed by atoms with Crippen molar-refractivity contribution in [3.63, 3.8) is 0 Å². The molecule has 9 rings (SSSR count). The zero-order valence-corrected chi connectivity index (χ0v) is 24.4. The van der Waals surface area contributed by atoms with Crippen LogP contribution in [0.4, 0.5) is 0 Å². The Morgan fingerprint density at radius 3 is 2.20 bits per heavy atom. The highest BCUT2D eigenvalue weighted by atomic mass is 16.3. The highest BCUT2D eigenvalue weighted by Gasteiger charge is 2.23. The summed E-state index contributed by atoms with van der Waals surface area (Å²) in [5, 5.41) is 4.39. The van der Waals surface area contributed by atoms with Crippen molar-refractivity contribution in [3.8, 4) is 34.2 Å². The van der Waals surface area contributed by atoms with Gasteiger partial charge in [0.25, 0.3) is 0 Å². The third kappa shape index (κ3) is 4.50. The molecule has 0 saturated carbocycles. The van der Waals surface area contributed by atoms with Gasteiger partial charge in [-0.05, 0) is 58.1 Å². The van der Waals surface area contributed by atoms with E-state index >= 15 is 0 Å². The summed E-state index contributed by atoms with van der Waals surface area (Å²) in [7, 11) is 0. The molecule has 0 aliphatic heterocycles. The molecule has 0 spiro atoms. The van der Waals surface area contributed by atoms with Gasteiger partial charge in [-0.25, -0.2) is 15.0 Å². The Balaban J connectivity index is 1.29. The summed E-state index contributed by atoms with van der Waals surface area (Å²) in [5.74, 6) is 2.11. The molecule has 1 aliphatic rings. The van der Waals surface area contributed by atoms with Gasteiger partial charge in [-0.15, -0.1) is 0 Å². The first kappa shape index (κ1) is 25.6. The third-order valence-corrected chi connectivity index (χ3v) is 8.85. The van der Waals surface area contributed by atoms with E-state index in [1.165, 1.54) is 22.1 Å². The number of rotatable bonds is 4. The van der Waals surface area contributed by atoms with Crippen molar-refractivity contribution in [2.45, 2.75) is 12.3 Å². The first-order valence-corrected chi connectivity index (χ1v) is 15.3. The Bertz CT molecular complexity index is 2420. The number of hydrogen-bond acceptors (Lipinski definition) is 4. The second-order valence-corrected chi connectivity index (χ2v) is 11.6. The average molecular weight is 578 g/mol. The number of hydrogen-bond donors (Lipinski definition) is 0. The fourth-order valence-corrected chi connectivity index (χ4v) is 6.57. The van der Waals surface area contributed by atoms with Crippen molar-refractivity contribution >= 4 is 38.8 Å². The minimum atomic E-state index is 0.201. The van der Waals surface area contributed by atoms with Crippen LogP contribution in [0.5, 0.6) is 0 Å². The summed E-state index contributed by atoms with van der Waals surface area (Å²) < 4.78 is 6.50. The maximum Gasteiger partial charge on any atom is 0.164 e. The third-order valence-electron chi connectivity index (χ3n) is 8.85. The van der Waals surface area contributed by atoms with Crippen LogP contribution in [0.25, 0.3) is 73.0 Å². The Hall–Kier alpha value is -5.87. The van der Waals surface area contributed by atoms with Gasteiger partial charge in [-0.1, -0.05) is 121 Å². The average Bonchev–Trinajstić information content (AvgIpc) is 3.49. The zero-order chi connectivity index (χ0) is 29.7. The summed E-state index contributed by atoms with van der Waals surface area (Å²) in [6, 6.07) is 46.2. The molecule has 2 aromatic heterocycles. The normalized spacial score (nSPS) is 14.3. The molecule has 8 aromatic rings. The maximum absolute atomic E-state index is 6.50. The van der Waals surface area contributed by atoms with Crippen LogP contribution in [-0.4, -0.2) is 15.0 Å². The number of benzene rings is 6. The molecule has 6 aromatic carbocycles. The second-order valence-electron chi connectivity index (χ2n) is 11.6. The Morgan fingerprint density at radius 1 is 0.556 bits per heavy atom. The smallest absolute Gasteiger partial charge is 0.164 e. The molecular weight excluding hydrogens is 550 g/mol. The van der Waals surface area contributed by atoms with E-state index in [1.807, 2.05) is 42.5 Å². The van der Waals surface area contributed by atoms with E-state index < -0.39 is 0 Å². The van der Waals surface area contributed by atoms with Crippen LogP contribution in [-0.2, 0) is 6.42 Å². The highest BCUT2D eigenvalue weighted by molar-refractivity contribution is 6.12. The molecule has 0 N–H and O–H groups in total. The molecule has 4 heteroatoms. The topological polar surface area (TPSA) is 51.8 Å². The van der Waals surface area contributed by atoms with Gasteiger partial charge >= 0.3 is 0 Å². The lowest BCUT2D eigenvalue weighted by Gasteiger charge is -2.20. The summed E-state index contributed by atoms with van der Waals surface area (Å²) in [6.07, 6.45) is 5.46. The maximum atomic E-state index is 6.50. The predicted octanol–water partition coefficient (Wildman–Crippen LogP) is 10.3. The van der Waals surface area contributed by atoms with E-state index in [1.54, 1.807) is 0 Å². The molecule has 1 unspecified atom stereocenters. The van der Waals surface area contributed by atoms with Crippen LogP contribution in [0, 0.1) is 0 Å². The minimum absolute atomic E-state index is 0.201. The van der Waals surface area contributed by atoms with Gasteiger partial charge < -0.3 is 4.42 Å². The summed E-state index contributed by atoms with van der Waals surface area (Å²) >= 11 is 0. The standard InChI is InChI=1S/C41H27N3O/c1-2-12-28(13-3-1)39-42-40(32-21-19-27-11-5-7-15-30(27)23-32)44-41(43-39)35-24-33(31-20-18-26-10-4-6-14-29(26)22-31)25-37-38(35)34-16-8-9-17-36(34)45-37/h1-21,23-25,31H,22H2. The first-order chi connectivity index (χ1) is 22.3. The lowest BCUT2D eigenvalue weighted by Crippen LogP contribution is -2.06. The molecule has 1 atom stereocenters. The molecule has 0 fully saturated rings. The number of aromatic nitrogens is 3. The van der Waals surface area contributed by atoms with Gasteiger partial charge in [0.1, 0.15) is 11.2 Å². The van der Waals surface area contributed by atoms with Crippen LogP contribution in [0.3, 0.4) is 0 Å². The van der Waals surface area contributed by atoms with Crippen molar-refractivity contribution in [1.29, 1.82) is 0 Å². The second kappa shape index (κ2) is 10.4. The van der Waals surface area contributed by atoms with Crippen molar-refractivity contribution in [2.75, 3.05) is 0 Å². The fraction of sp³-hybridized carbons (Fsp3) is 0.0488. The predicted molar refractivity (Wildman–Crippen MR) is 183 cm³/mol. The van der Waals surface area contributed by atoms with E-state index in [2.05, 4.69) is 103 Å². The van der Waals surface area contributed by atoms with E-state index in [4.69, 9.17) is 19.4 Å². The van der Waals surface area contributed by atoms with Crippen LogP contribution >= 0.6 is 0 Å². The highest BCUT2D eigenvalue weighted by Crippen LogP contribution is 2.41. The van der Waals surface area contributed by atoms with Crippen LogP contribution in [0.1, 0.15) is 22.6 Å². The lowest BCUT2D eigenvalue weighted by atomic mass is 9.84. The molecule has 0 amide bonds. The molecule has 4 nitrogen and oxygen atoms in total. The molecule has 212 valence electrons. The van der Waals surface area contributed by atoms with E-state index in [9.17, 15) is 0 Å². The number of para-hydroxylation sites is 1. The largest absolute Gasteiger partial charge is 0.456 e. The van der Waals surface area contributed by atoms with Crippen LogP contribution in [0.15, 0.2) is 144 Å².